The maximum absolute atomic E-state index is 12.8. The molecule has 0 saturated carbocycles. The molecule has 31 heavy (non-hydrogen) atoms. The first-order valence-electron chi connectivity index (χ1n) is 10.5. The molecule has 5 rings (SSSR count). The lowest BCUT2D eigenvalue weighted by molar-refractivity contribution is 0.294. The second kappa shape index (κ2) is 7.77. The molecule has 1 saturated heterocycles. The summed E-state index contributed by atoms with van der Waals surface area (Å²) in [5.74, 6) is 1.78. The van der Waals surface area contributed by atoms with Crippen LogP contribution in [-0.2, 0) is 19.6 Å². The maximum Gasteiger partial charge on any atom is 0.332 e. The SMILES string of the molecule is COc1ncccc1CN1CC2Cn3c(nn(Cc4ccc(C)cc4)c(=O)c3=O)C2C1. The summed E-state index contributed by atoms with van der Waals surface area (Å²) >= 11 is 0. The second-order valence-corrected chi connectivity index (χ2v) is 8.45. The molecular formula is C23H25N5O3. The largest absolute Gasteiger partial charge is 0.481 e. The summed E-state index contributed by atoms with van der Waals surface area (Å²) in [6.45, 7) is 5.24. The zero-order chi connectivity index (χ0) is 21.5. The Morgan fingerprint density at radius 3 is 2.61 bits per heavy atom. The summed E-state index contributed by atoms with van der Waals surface area (Å²) < 4.78 is 8.30. The molecule has 0 bridgehead atoms. The number of methoxy groups -OCH3 is 1. The highest BCUT2D eigenvalue weighted by Crippen LogP contribution is 2.38. The van der Waals surface area contributed by atoms with Gasteiger partial charge in [0.15, 0.2) is 0 Å². The summed E-state index contributed by atoms with van der Waals surface area (Å²) in [5, 5.41) is 4.65. The van der Waals surface area contributed by atoms with E-state index in [1.54, 1.807) is 17.9 Å². The van der Waals surface area contributed by atoms with E-state index >= 15 is 0 Å². The van der Waals surface area contributed by atoms with E-state index in [4.69, 9.17) is 4.74 Å². The van der Waals surface area contributed by atoms with Crippen molar-refractivity contribution in [3.63, 3.8) is 0 Å². The molecule has 8 heteroatoms. The minimum Gasteiger partial charge on any atom is -0.481 e. The number of aryl methyl sites for hydroxylation is 1. The van der Waals surface area contributed by atoms with E-state index in [0.29, 0.717) is 19.0 Å². The van der Waals surface area contributed by atoms with Crippen LogP contribution in [0.5, 0.6) is 5.88 Å². The fourth-order valence-corrected chi connectivity index (χ4v) is 4.75. The Morgan fingerprint density at radius 2 is 1.84 bits per heavy atom. The van der Waals surface area contributed by atoms with Crippen molar-refractivity contribution in [1.29, 1.82) is 0 Å². The highest BCUT2D eigenvalue weighted by Gasteiger charge is 2.42. The first-order valence-corrected chi connectivity index (χ1v) is 10.5. The zero-order valence-corrected chi connectivity index (χ0v) is 17.7. The van der Waals surface area contributed by atoms with E-state index in [0.717, 1.165) is 42.1 Å². The third-order valence-corrected chi connectivity index (χ3v) is 6.32. The van der Waals surface area contributed by atoms with Crippen molar-refractivity contribution in [3.05, 3.63) is 85.8 Å². The average molecular weight is 419 g/mol. The lowest BCUT2D eigenvalue weighted by Gasteiger charge is -2.18. The van der Waals surface area contributed by atoms with E-state index in [1.165, 1.54) is 4.68 Å². The Bertz CT molecular complexity index is 1230. The number of pyridine rings is 1. The number of fused-ring (bicyclic) bond motifs is 3. The van der Waals surface area contributed by atoms with Gasteiger partial charge in [-0.15, -0.1) is 0 Å². The third-order valence-electron chi connectivity index (χ3n) is 6.32. The Labute approximate surface area is 179 Å². The molecule has 1 aromatic carbocycles. The number of aromatic nitrogens is 4. The first kappa shape index (κ1) is 19.7. The lowest BCUT2D eigenvalue weighted by Crippen LogP contribution is -2.44. The number of likely N-dealkylation sites (tertiary alicyclic amines) is 1. The van der Waals surface area contributed by atoms with Crippen LogP contribution >= 0.6 is 0 Å². The van der Waals surface area contributed by atoms with Crippen LogP contribution < -0.4 is 15.9 Å². The summed E-state index contributed by atoms with van der Waals surface area (Å²) in [4.78, 5) is 32.0. The third kappa shape index (κ3) is 3.57. The van der Waals surface area contributed by atoms with Crippen LogP contribution in [0.1, 0.15) is 28.4 Å². The topological polar surface area (TPSA) is 82.2 Å². The summed E-state index contributed by atoms with van der Waals surface area (Å²) in [6.07, 6.45) is 1.72. The molecule has 2 aromatic heterocycles. The number of hydrogen-bond donors (Lipinski definition) is 0. The number of benzene rings is 1. The minimum atomic E-state index is -0.554. The molecule has 2 aliphatic heterocycles. The van der Waals surface area contributed by atoms with Gasteiger partial charge in [0.05, 0.1) is 13.7 Å². The number of ether oxygens (including phenoxy) is 1. The summed E-state index contributed by atoms with van der Waals surface area (Å²) in [5.41, 5.74) is 2.13. The predicted octanol–water partition coefficient (Wildman–Crippen LogP) is 1.39. The van der Waals surface area contributed by atoms with Gasteiger partial charge in [0.1, 0.15) is 5.82 Å². The van der Waals surface area contributed by atoms with Gasteiger partial charge in [-0.2, -0.15) is 5.10 Å². The zero-order valence-electron chi connectivity index (χ0n) is 17.7. The van der Waals surface area contributed by atoms with Gasteiger partial charge in [-0.05, 0) is 18.6 Å². The van der Waals surface area contributed by atoms with Gasteiger partial charge in [-0.25, -0.2) is 9.67 Å². The standard InChI is InChI=1S/C23H25N5O3/c1-15-5-7-16(8-6-15)10-28-23(30)22(29)27-13-18-12-26(14-19(18)20(27)25-28)11-17-4-3-9-24-21(17)31-2/h3-9,18-19H,10-14H2,1-2H3. The van der Waals surface area contributed by atoms with Gasteiger partial charge in [-0.3, -0.25) is 19.1 Å². The molecule has 0 N–H and O–H groups in total. The number of rotatable bonds is 5. The van der Waals surface area contributed by atoms with Crippen LogP contribution in [0.15, 0.2) is 52.2 Å². The highest BCUT2D eigenvalue weighted by molar-refractivity contribution is 5.26. The van der Waals surface area contributed by atoms with Crippen LogP contribution in [0.2, 0.25) is 0 Å². The normalized spacial score (nSPS) is 19.9. The number of nitrogens with zero attached hydrogens (tertiary/aromatic N) is 5. The highest BCUT2D eigenvalue weighted by atomic mass is 16.5. The molecule has 2 aliphatic rings. The van der Waals surface area contributed by atoms with Crippen molar-refractivity contribution < 1.29 is 4.74 Å². The predicted molar refractivity (Wildman–Crippen MR) is 115 cm³/mol. The minimum absolute atomic E-state index is 0.139. The maximum atomic E-state index is 12.8. The fraction of sp³-hybridized carbons (Fsp3) is 0.391. The van der Waals surface area contributed by atoms with Crippen molar-refractivity contribution in [2.24, 2.45) is 5.92 Å². The average Bonchev–Trinajstić information content (AvgIpc) is 3.32. The van der Waals surface area contributed by atoms with Gasteiger partial charge in [0, 0.05) is 49.8 Å². The molecule has 160 valence electrons. The Hall–Kier alpha value is -3.26. The van der Waals surface area contributed by atoms with Gasteiger partial charge in [0.25, 0.3) is 0 Å². The molecular weight excluding hydrogens is 394 g/mol. The smallest absolute Gasteiger partial charge is 0.332 e. The molecule has 2 unspecified atom stereocenters. The van der Waals surface area contributed by atoms with Gasteiger partial charge in [0.2, 0.25) is 5.88 Å². The van der Waals surface area contributed by atoms with Crippen molar-refractivity contribution in [1.82, 2.24) is 24.2 Å². The van der Waals surface area contributed by atoms with Crippen LogP contribution in [-0.4, -0.2) is 44.4 Å². The molecule has 1 fully saturated rings. The Morgan fingerprint density at radius 1 is 1.03 bits per heavy atom. The summed E-state index contributed by atoms with van der Waals surface area (Å²) in [6, 6.07) is 11.9. The van der Waals surface area contributed by atoms with E-state index in [1.807, 2.05) is 43.3 Å². The van der Waals surface area contributed by atoms with Crippen LogP contribution in [0.25, 0.3) is 0 Å². The molecule has 4 heterocycles. The molecule has 2 atom stereocenters. The monoisotopic (exact) mass is 419 g/mol. The number of hydrogen-bond acceptors (Lipinski definition) is 6. The van der Waals surface area contributed by atoms with E-state index < -0.39 is 11.1 Å². The van der Waals surface area contributed by atoms with Crippen molar-refractivity contribution in [3.8, 4) is 5.88 Å². The van der Waals surface area contributed by atoms with Gasteiger partial charge in [-0.1, -0.05) is 35.9 Å². The lowest BCUT2D eigenvalue weighted by atomic mass is 10.00. The molecule has 0 spiro atoms. The first-order chi connectivity index (χ1) is 15.0. The quantitative estimate of drug-likeness (QED) is 0.582. The molecule has 0 aliphatic carbocycles. The van der Waals surface area contributed by atoms with Crippen molar-refractivity contribution in [2.45, 2.75) is 32.5 Å². The fourth-order valence-electron chi connectivity index (χ4n) is 4.75. The van der Waals surface area contributed by atoms with Crippen LogP contribution in [0.3, 0.4) is 0 Å². The van der Waals surface area contributed by atoms with Crippen LogP contribution in [0, 0.1) is 12.8 Å². The summed E-state index contributed by atoms with van der Waals surface area (Å²) in [7, 11) is 1.63. The Kier molecular flexibility index (Phi) is 4.94. The van der Waals surface area contributed by atoms with E-state index in [9.17, 15) is 9.59 Å². The van der Waals surface area contributed by atoms with Gasteiger partial charge >= 0.3 is 11.1 Å². The van der Waals surface area contributed by atoms with E-state index in [2.05, 4.69) is 15.0 Å². The Balaban J connectivity index is 1.40. The van der Waals surface area contributed by atoms with Gasteiger partial charge < -0.3 is 4.74 Å². The van der Waals surface area contributed by atoms with Crippen molar-refractivity contribution >= 4 is 0 Å². The molecule has 0 radical (unpaired) electrons. The van der Waals surface area contributed by atoms with Crippen LogP contribution in [0.4, 0.5) is 0 Å². The molecule has 8 nitrogen and oxygen atoms in total. The molecule has 3 aromatic rings. The molecule has 0 amide bonds. The van der Waals surface area contributed by atoms with Crippen molar-refractivity contribution in [2.75, 3.05) is 20.2 Å². The second-order valence-electron chi connectivity index (χ2n) is 8.45. The van der Waals surface area contributed by atoms with E-state index in [-0.39, 0.29) is 11.8 Å².